The lowest BCUT2D eigenvalue weighted by Gasteiger charge is -2.31. The summed E-state index contributed by atoms with van der Waals surface area (Å²) in [5.74, 6) is 0.0967. The summed E-state index contributed by atoms with van der Waals surface area (Å²) in [6.45, 7) is 4.36. The summed E-state index contributed by atoms with van der Waals surface area (Å²) in [4.78, 5) is 15.0. The van der Waals surface area contributed by atoms with Crippen molar-refractivity contribution in [2.45, 2.75) is 25.9 Å². The van der Waals surface area contributed by atoms with E-state index >= 15 is 0 Å². The van der Waals surface area contributed by atoms with Crippen molar-refractivity contribution < 1.29 is 9.53 Å². The van der Waals surface area contributed by atoms with Gasteiger partial charge < -0.3 is 9.64 Å². The zero-order chi connectivity index (χ0) is 13.7. The maximum Gasteiger partial charge on any atom is 0.246 e. The standard InChI is InChI=1S/C14H18BrNO2S/c1-2-18-12-5-7-16(8-6-12)14(17)4-3-13-9-11(15)10-19-13/h3-4,9-10,12H,2,5-8H2,1H3/b4-3+. The third-order valence-corrected chi connectivity index (χ3v) is 4.79. The average Bonchev–Trinajstić information content (AvgIpc) is 2.83. The van der Waals surface area contributed by atoms with Crippen molar-refractivity contribution in [2.75, 3.05) is 19.7 Å². The van der Waals surface area contributed by atoms with Crippen LogP contribution in [0.25, 0.3) is 6.08 Å². The van der Waals surface area contributed by atoms with E-state index < -0.39 is 0 Å². The molecule has 1 fully saturated rings. The minimum absolute atomic E-state index is 0.0967. The average molecular weight is 344 g/mol. The predicted octanol–water partition coefficient (Wildman–Crippen LogP) is 3.55. The van der Waals surface area contributed by atoms with Crippen molar-refractivity contribution in [1.29, 1.82) is 0 Å². The number of rotatable bonds is 4. The summed E-state index contributed by atoms with van der Waals surface area (Å²) in [5, 5.41) is 2.01. The van der Waals surface area contributed by atoms with Crippen molar-refractivity contribution in [2.24, 2.45) is 0 Å². The second-order valence-corrected chi connectivity index (χ2v) is 6.34. The van der Waals surface area contributed by atoms with Gasteiger partial charge in [0.05, 0.1) is 6.10 Å². The molecule has 0 atom stereocenters. The van der Waals surface area contributed by atoms with Gasteiger partial charge in [-0.1, -0.05) is 0 Å². The molecule has 1 saturated heterocycles. The molecule has 3 nitrogen and oxygen atoms in total. The van der Waals surface area contributed by atoms with Crippen LogP contribution < -0.4 is 0 Å². The third-order valence-electron chi connectivity index (χ3n) is 3.13. The maximum atomic E-state index is 12.0. The highest BCUT2D eigenvalue weighted by Crippen LogP contribution is 2.21. The first kappa shape index (κ1) is 14.8. The van der Waals surface area contributed by atoms with Crippen LogP contribution in [-0.2, 0) is 9.53 Å². The number of hydrogen-bond acceptors (Lipinski definition) is 3. The van der Waals surface area contributed by atoms with E-state index in [4.69, 9.17) is 4.74 Å². The molecular formula is C14H18BrNO2S. The summed E-state index contributed by atoms with van der Waals surface area (Å²) in [7, 11) is 0. The van der Waals surface area contributed by atoms with Crippen LogP contribution in [0.15, 0.2) is 22.0 Å². The topological polar surface area (TPSA) is 29.5 Å². The molecule has 1 aliphatic heterocycles. The van der Waals surface area contributed by atoms with Gasteiger partial charge in [-0.05, 0) is 47.8 Å². The van der Waals surface area contributed by atoms with E-state index in [2.05, 4.69) is 15.9 Å². The summed E-state index contributed by atoms with van der Waals surface area (Å²) >= 11 is 5.03. The first-order chi connectivity index (χ1) is 9.19. The SMILES string of the molecule is CCOC1CCN(C(=O)/C=C/c2cc(Br)cs2)CC1. The van der Waals surface area contributed by atoms with Gasteiger partial charge >= 0.3 is 0 Å². The molecule has 0 unspecified atom stereocenters. The van der Waals surface area contributed by atoms with E-state index in [0.717, 1.165) is 41.9 Å². The molecule has 0 aliphatic carbocycles. The van der Waals surface area contributed by atoms with E-state index in [-0.39, 0.29) is 5.91 Å². The van der Waals surface area contributed by atoms with Crippen molar-refractivity contribution >= 4 is 39.2 Å². The van der Waals surface area contributed by atoms with Crippen LogP contribution in [0.1, 0.15) is 24.6 Å². The van der Waals surface area contributed by atoms with Crippen LogP contribution in [0.4, 0.5) is 0 Å². The van der Waals surface area contributed by atoms with E-state index in [0.29, 0.717) is 6.10 Å². The Morgan fingerprint density at radius 3 is 2.89 bits per heavy atom. The number of likely N-dealkylation sites (tertiary alicyclic amines) is 1. The second kappa shape index (κ2) is 7.22. The van der Waals surface area contributed by atoms with Gasteiger partial charge in [0.25, 0.3) is 0 Å². The van der Waals surface area contributed by atoms with E-state index in [1.54, 1.807) is 17.4 Å². The number of hydrogen-bond donors (Lipinski definition) is 0. The van der Waals surface area contributed by atoms with E-state index in [1.165, 1.54) is 0 Å². The molecular weight excluding hydrogens is 326 g/mol. The first-order valence-corrected chi connectivity index (χ1v) is 8.19. The molecule has 1 aromatic heterocycles. The van der Waals surface area contributed by atoms with Crippen LogP contribution in [0, 0.1) is 0 Å². The molecule has 1 amide bonds. The minimum atomic E-state index is 0.0967. The molecule has 0 aromatic carbocycles. The molecule has 1 aliphatic rings. The minimum Gasteiger partial charge on any atom is -0.378 e. The third kappa shape index (κ3) is 4.44. The lowest BCUT2D eigenvalue weighted by molar-refractivity contribution is -0.128. The molecule has 0 saturated carbocycles. The molecule has 0 bridgehead atoms. The van der Waals surface area contributed by atoms with Crippen molar-refractivity contribution in [3.63, 3.8) is 0 Å². The summed E-state index contributed by atoms with van der Waals surface area (Å²) in [6, 6.07) is 2.01. The van der Waals surface area contributed by atoms with Gasteiger partial charge in [-0.25, -0.2) is 0 Å². The van der Waals surface area contributed by atoms with Crippen molar-refractivity contribution in [3.8, 4) is 0 Å². The van der Waals surface area contributed by atoms with E-state index in [9.17, 15) is 4.79 Å². The highest BCUT2D eigenvalue weighted by Gasteiger charge is 2.21. The fourth-order valence-electron chi connectivity index (χ4n) is 2.15. The maximum absolute atomic E-state index is 12.0. The second-order valence-electron chi connectivity index (χ2n) is 4.48. The number of thiophene rings is 1. The zero-order valence-corrected chi connectivity index (χ0v) is 13.4. The summed E-state index contributed by atoms with van der Waals surface area (Å²) < 4.78 is 6.64. The Kier molecular flexibility index (Phi) is 5.60. The number of carbonyl (C=O) groups is 1. The van der Waals surface area contributed by atoms with Crippen LogP contribution in [0.5, 0.6) is 0 Å². The Morgan fingerprint density at radius 2 is 2.32 bits per heavy atom. The normalized spacial score (nSPS) is 17.3. The predicted molar refractivity (Wildman–Crippen MR) is 82.3 cm³/mol. The number of amides is 1. The monoisotopic (exact) mass is 343 g/mol. The molecule has 0 spiro atoms. The lowest BCUT2D eigenvalue weighted by Crippen LogP contribution is -2.40. The Morgan fingerprint density at radius 1 is 1.58 bits per heavy atom. The van der Waals surface area contributed by atoms with Gasteiger partial charge in [-0.2, -0.15) is 0 Å². The van der Waals surface area contributed by atoms with Gasteiger partial charge in [0.15, 0.2) is 0 Å². The van der Waals surface area contributed by atoms with Crippen LogP contribution in [0.3, 0.4) is 0 Å². The Bertz CT molecular complexity index is 450. The number of carbonyl (C=O) groups excluding carboxylic acids is 1. The number of nitrogens with zero attached hydrogens (tertiary/aromatic N) is 1. The largest absolute Gasteiger partial charge is 0.378 e. The molecule has 19 heavy (non-hydrogen) atoms. The molecule has 2 rings (SSSR count). The van der Waals surface area contributed by atoms with Gasteiger partial charge in [0, 0.05) is 40.5 Å². The Hall–Kier alpha value is -0.650. The number of halogens is 1. The van der Waals surface area contributed by atoms with Crippen molar-refractivity contribution in [3.05, 3.63) is 26.9 Å². The van der Waals surface area contributed by atoms with Gasteiger partial charge in [-0.15, -0.1) is 11.3 Å². The highest BCUT2D eigenvalue weighted by atomic mass is 79.9. The van der Waals surface area contributed by atoms with Gasteiger partial charge in [0.2, 0.25) is 5.91 Å². The molecule has 2 heterocycles. The molecule has 1 aromatic rings. The highest BCUT2D eigenvalue weighted by molar-refractivity contribution is 9.10. The summed E-state index contributed by atoms with van der Waals surface area (Å²) in [5.41, 5.74) is 0. The number of ether oxygens (including phenoxy) is 1. The Balaban J connectivity index is 1.83. The Labute approximate surface area is 126 Å². The molecule has 104 valence electrons. The smallest absolute Gasteiger partial charge is 0.246 e. The van der Waals surface area contributed by atoms with Crippen LogP contribution >= 0.6 is 27.3 Å². The molecule has 5 heteroatoms. The van der Waals surface area contributed by atoms with Crippen molar-refractivity contribution in [1.82, 2.24) is 4.90 Å². The summed E-state index contributed by atoms with van der Waals surface area (Å²) in [6.07, 6.45) is 5.76. The fraction of sp³-hybridized carbons (Fsp3) is 0.500. The number of piperidine rings is 1. The lowest BCUT2D eigenvalue weighted by atomic mass is 10.1. The van der Waals surface area contributed by atoms with Crippen LogP contribution in [0.2, 0.25) is 0 Å². The fourth-order valence-corrected chi connectivity index (χ4v) is 3.49. The van der Waals surface area contributed by atoms with Gasteiger partial charge in [0.1, 0.15) is 0 Å². The zero-order valence-electron chi connectivity index (χ0n) is 11.0. The quantitative estimate of drug-likeness (QED) is 0.782. The van der Waals surface area contributed by atoms with Crippen LogP contribution in [-0.4, -0.2) is 36.6 Å². The van der Waals surface area contributed by atoms with E-state index in [1.807, 2.05) is 29.3 Å². The molecule has 0 radical (unpaired) electrons. The van der Waals surface area contributed by atoms with Gasteiger partial charge in [-0.3, -0.25) is 4.79 Å². The molecule has 0 N–H and O–H groups in total. The first-order valence-electron chi connectivity index (χ1n) is 6.51.